The first-order valence-electron chi connectivity index (χ1n) is 6.83. The van der Waals surface area contributed by atoms with Crippen LogP contribution >= 0.6 is 0 Å². The molecule has 0 fully saturated rings. The van der Waals surface area contributed by atoms with E-state index in [2.05, 4.69) is 5.10 Å². The van der Waals surface area contributed by atoms with Gasteiger partial charge in [0.1, 0.15) is 0 Å². The largest absolute Gasteiger partial charge is 0.478 e. The van der Waals surface area contributed by atoms with Crippen molar-refractivity contribution in [2.45, 2.75) is 13.5 Å². The summed E-state index contributed by atoms with van der Waals surface area (Å²) in [5.41, 5.74) is 2.48. The van der Waals surface area contributed by atoms with Gasteiger partial charge < -0.3 is 5.11 Å². The molecular formula is C17H14N2O3. The molecule has 5 heteroatoms. The lowest BCUT2D eigenvalue weighted by molar-refractivity contribution is 0.0699. The van der Waals surface area contributed by atoms with Gasteiger partial charge in [-0.1, -0.05) is 30.3 Å². The second kappa shape index (κ2) is 5.44. The van der Waals surface area contributed by atoms with Gasteiger partial charge in [0.2, 0.25) is 0 Å². The number of carbonyl (C=O) groups is 2. The number of hydrogen-bond acceptors (Lipinski definition) is 3. The predicted octanol–water partition coefficient (Wildman–Crippen LogP) is 2.90. The summed E-state index contributed by atoms with van der Waals surface area (Å²) in [5.74, 6) is -0.944. The van der Waals surface area contributed by atoms with E-state index in [0.29, 0.717) is 23.2 Å². The third-order valence-corrected chi connectivity index (χ3v) is 3.69. The van der Waals surface area contributed by atoms with Gasteiger partial charge in [0.25, 0.3) is 0 Å². The monoisotopic (exact) mass is 294 g/mol. The van der Waals surface area contributed by atoms with Crippen LogP contribution in [0.4, 0.5) is 0 Å². The lowest BCUT2D eigenvalue weighted by atomic mass is 9.99. The third-order valence-electron chi connectivity index (χ3n) is 3.69. The Kier molecular flexibility index (Phi) is 3.47. The molecule has 0 amide bonds. The van der Waals surface area contributed by atoms with Gasteiger partial charge in [-0.25, -0.2) is 4.79 Å². The average Bonchev–Trinajstić information content (AvgIpc) is 2.87. The molecule has 0 aliphatic heterocycles. The smallest absolute Gasteiger partial charge is 0.336 e. The van der Waals surface area contributed by atoms with Crippen LogP contribution in [-0.4, -0.2) is 27.1 Å². The number of benzene rings is 2. The molecule has 2 aromatic carbocycles. The molecule has 0 aliphatic rings. The minimum Gasteiger partial charge on any atom is -0.478 e. The molecule has 0 unspecified atom stereocenters. The molecule has 0 bridgehead atoms. The van der Waals surface area contributed by atoms with Gasteiger partial charge >= 0.3 is 5.97 Å². The number of aryl methyl sites for hydroxylation is 1. The summed E-state index contributed by atoms with van der Waals surface area (Å²) >= 11 is 0. The molecule has 0 aliphatic carbocycles. The van der Waals surface area contributed by atoms with Crippen LogP contribution in [0.25, 0.3) is 10.8 Å². The van der Waals surface area contributed by atoms with E-state index in [1.54, 1.807) is 36.0 Å². The van der Waals surface area contributed by atoms with Crippen molar-refractivity contribution < 1.29 is 14.7 Å². The number of carboxylic acids is 1. The van der Waals surface area contributed by atoms with E-state index in [1.165, 1.54) is 0 Å². The molecule has 1 aromatic heterocycles. The minimum atomic E-state index is -0.944. The highest BCUT2D eigenvalue weighted by Crippen LogP contribution is 2.24. The SMILES string of the molecule is Cc1nn(Cc2ccc(C(=O)O)c3ccccc23)cc1C=O. The summed E-state index contributed by atoms with van der Waals surface area (Å²) < 4.78 is 1.70. The van der Waals surface area contributed by atoms with Crippen molar-refractivity contribution in [1.29, 1.82) is 0 Å². The van der Waals surface area contributed by atoms with Crippen molar-refractivity contribution in [2.75, 3.05) is 0 Å². The predicted molar refractivity (Wildman–Crippen MR) is 82.4 cm³/mol. The van der Waals surface area contributed by atoms with Crippen LogP contribution in [0.15, 0.2) is 42.6 Å². The molecule has 3 aromatic rings. The van der Waals surface area contributed by atoms with Crippen LogP contribution in [-0.2, 0) is 6.54 Å². The number of fused-ring (bicyclic) bond motifs is 1. The van der Waals surface area contributed by atoms with Crippen LogP contribution in [0.3, 0.4) is 0 Å². The molecule has 110 valence electrons. The highest BCUT2D eigenvalue weighted by molar-refractivity contribution is 6.04. The summed E-state index contributed by atoms with van der Waals surface area (Å²) in [6, 6.07) is 10.8. The quantitative estimate of drug-likeness (QED) is 0.751. The van der Waals surface area contributed by atoms with E-state index >= 15 is 0 Å². The maximum atomic E-state index is 11.3. The Bertz CT molecular complexity index is 881. The number of aromatic nitrogens is 2. The molecule has 5 nitrogen and oxygen atoms in total. The summed E-state index contributed by atoms with van der Waals surface area (Å²) in [4.78, 5) is 22.2. The number of carboxylic acid groups (broad SMARTS) is 1. The van der Waals surface area contributed by atoms with Gasteiger partial charge in [-0.3, -0.25) is 9.48 Å². The van der Waals surface area contributed by atoms with Gasteiger partial charge in [0.15, 0.2) is 6.29 Å². The lowest BCUT2D eigenvalue weighted by Gasteiger charge is -2.09. The highest BCUT2D eigenvalue weighted by atomic mass is 16.4. The van der Waals surface area contributed by atoms with E-state index in [-0.39, 0.29) is 5.56 Å². The summed E-state index contributed by atoms with van der Waals surface area (Å²) in [7, 11) is 0. The number of carbonyl (C=O) groups excluding carboxylic acids is 1. The highest BCUT2D eigenvalue weighted by Gasteiger charge is 2.12. The molecule has 22 heavy (non-hydrogen) atoms. The fourth-order valence-corrected chi connectivity index (χ4v) is 2.59. The Labute approximate surface area is 126 Å². The molecule has 0 saturated carbocycles. The van der Waals surface area contributed by atoms with Gasteiger partial charge in [-0.05, 0) is 29.3 Å². The zero-order valence-electron chi connectivity index (χ0n) is 12.0. The molecule has 0 spiro atoms. The van der Waals surface area contributed by atoms with Crippen LogP contribution < -0.4 is 0 Å². The van der Waals surface area contributed by atoms with Crippen molar-refractivity contribution in [3.8, 4) is 0 Å². The first-order chi connectivity index (χ1) is 10.6. The second-order valence-corrected chi connectivity index (χ2v) is 5.11. The number of aldehydes is 1. The van der Waals surface area contributed by atoms with Crippen LogP contribution in [0.2, 0.25) is 0 Å². The summed E-state index contributed by atoms with van der Waals surface area (Å²) in [6.45, 7) is 2.26. The lowest BCUT2D eigenvalue weighted by Crippen LogP contribution is -2.04. The summed E-state index contributed by atoms with van der Waals surface area (Å²) in [5, 5.41) is 15.2. The Morgan fingerprint density at radius 3 is 2.59 bits per heavy atom. The van der Waals surface area contributed by atoms with Gasteiger partial charge in [0.05, 0.1) is 23.4 Å². The van der Waals surface area contributed by atoms with Gasteiger partial charge in [-0.15, -0.1) is 0 Å². The topological polar surface area (TPSA) is 72.2 Å². The number of rotatable bonds is 4. The first-order valence-corrected chi connectivity index (χ1v) is 6.83. The van der Waals surface area contributed by atoms with E-state index < -0.39 is 5.97 Å². The van der Waals surface area contributed by atoms with E-state index in [0.717, 1.165) is 17.2 Å². The zero-order valence-corrected chi connectivity index (χ0v) is 12.0. The van der Waals surface area contributed by atoms with Gasteiger partial charge in [0, 0.05) is 6.20 Å². The van der Waals surface area contributed by atoms with Crippen LogP contribution in [0, 0.1) is 6.92 Å². The Balaban J connectivity index is 2.09. The van der Waals surface area contributed by atoms with E-state index in [1.807, 2.05) is 18.2 Å². The average molecular weight is 294 g/mol. The molecule has 1 heterocycles. The first kappa shape index (κ1) is 14.0. The molecular weight excluding hydrogens is 280 g/mol. The number of nitrogens with zero attached hydrogens (tertiary/aromatic N) is 2. The normalized spacial score (nSPS) is 10.8. The third kappa shape index (κ3) is 2.37. The maximum absolute atomic E-state index is 11.3. The molecule has 0 radical (unpaired) electrons. The van der Waals surface area contributed by atoms with E-state index in [9.17, 15) is 14.7 Å². The van der Waals surface area contributed by atoms with Crippen molar-refractivity contribution in [2.24, 2.45) is 0 Å². The van der Waals surface area contributed by atoms with Crippen molar-refractivity contribution >= 4 is 23.0 Å². The molecule has 1 N–H and O–H groups in total. The van der Waals surface area contributed by atoms with Crippen molar-refractivity contribution in [1.82, 2.24) is 9.78 Å². The number of aromatic carboxylic acids is 1. The van der Waals surface area contributed by atoms with Crippen LogP contribution in [0.1, 0.15) is 32.0 Å². The fraction of sp³-hybridized carbons (Fsp3) is 0.118. The van der Waals surface area contributed by atoms with Crippen molar-refractivity contribution in [3.05, 3.63) is 65.0 Å². The van der Waals surface area contributed by atoms with Gasteiger partial charge in [-0.2, -0.15) is 5.10 Å². The van der Waals surface area contributed by atoms with E-state index in [4.69, 9.17) is 0 Å². The number of hydrogen-bond donors (Lipinski definition) is 1. The summed E-state index contributed by atoms with van der Waals surface area (Å²) in [6.07, 6.45) is 2.48. The minimum absolute atomic E-state index is 0.282. The Morgan fingerprint density at radius 1 is 1.23 bits per heavy atom. The fourth-order valence-electron chi connectivity index (χ4n) is 2.59. The molecule has 0 saturated heterocycles. The van der Waals surface area contributed by atoms with Crippen molar-refractivity contribution in [3.63, 3.8) is 0 Å². The Morgan fingerprint density at radius 2 is 1.95 bits per heavy atom. The maximum Gasteiger partial charge on any atom is 0.336 e. The second-order valence-electron chi connectivity index (χ2n) is 5.11. The molecule has 3 rings (SSSR count). The Hall–Kier alpha value is -2.95. The standard InChI is InChI=1S/C17H14N2O3/c1-11-13(10-20)9-19(18-11)8-12-6-7-16(17(21)22)15-5-3-2-4-14(12)15/h2-7,9-10H,8H2,1H3,(H,21,22). The zero-order chi connectivity index (χ0) is 15.7. The molecule has 0 atom stereocenters. The van der Waals surface area contributed by atoms with Crippen LogP contribution in [0.5, 0.6) is 0 Å².